The Balaban J connectivity index is 2.22. The number of amides is 1. The first-order valence-corrected chi connectivity index (χ1v) is 5.31. The van der Waals surface area contributed by atoms with E-state index in [1.807, 2.05) is 36.1 Å². The van der Waals surface area contributed by atoms with E-state index in [4.69, 9.17) is 5.73 Å². The van der Waals surface area contributed by atoms with Crippen LogP contribution in [0.3, 0.4) is 0 Å². The predicted octanol–water partition coefficient (Wildman–Crippen LogP) is 1.03. The van der Waals surface area contributed by atoms with Crippen molar-refractivity contribution in [2.45, 2.75) is 19.4 Å². The highest BCUT2D eigenvalue weighted by Gasteiger charge is 2.23. The van der Waals surface area contributed by atoms with Gasteiger partial charge < -0.3 is 10.6 Å². The first-order chi connectivity index (χ1) is 7.18. The molecule has 0 radical (unpaired) electrons. The average Bonchev–Trinajstić information content (AvgIpc) is 2.22. The molecule has 2 N–H and O–H groups in total. The summed E-state index contributed by atoms with van der Waals surface area (Å²) in [5.41, 5.74) is 7.70. The number of rotatable bonds is 2. The van der Waals surface area contributed by atoms with E-state index >= 15 is 0 Å². The highest BCUT2D eigenvalue weighted by molar-refractivity contribution is 5.96. The van der Waals surface area contributed by atoms with Gasteiger partial charge in [0.25, 0.3) is 5.91 Å². The molecule has 1 aromatic rings. The minimum atomic E-state index is 0.0409. The summed E-state index contributed by atoms with van der Waals surface area (Å²) in [6, 6.07) is 7.85. The Labute approximate surface area is 89.9 Å². The molecule has 1 atom stereocenters. The van der Waals surface area contributed by atoms with Gasteiger partial charge in [0.2, 0.25) is 0 Å². The quantitative estimate of drug-likeness (QED) is 0.782. The van der Waals surface area contributed by atoms with E-state index in [2.05, 4.69) is 0 Å². The highest BCUT2D eigenvalue weighted by atomic mass is 16.2. The van der Waals surface area contributed by atoms with Crippen LogP contribution in [0.5, 0.6) is 0 Å². The number of carbonyl (C=O) groups is 1. The van der Waals surface area contributed by atoms with Crippen LogP contribution in [-0.2, 0) is 6.42 Å². The molecule has 1 heterocycles. The van der Waals surface area contributed by atoms with Crippen molar-refractivity contribution in [1.29, 1.82) is 0 Å². The molecule has 0 spiro atoms. The highest BCUT2D eigenvalue weighted by Crippen LogP contribution is 2.18. The summed E-state index contributed by atoms with van der Waals surface area (Å²) in [4.78, 5) is 13.9. The van der Waals surface area contributed by atoms with Crippen LogP contribution in [0.2, 0.25) is 0 Å². The molecular formula is C12H16N2O. The fourth-order valence-electron chi connectivity index (χ4n) is 2.00. The lowest BCUT2D eigenvalue weighted by atomic mass is 9.99. The molecule has 1 amide bonds. The third-order valence-corrected chi connectivity index (χ3v) is 2.69. The molecule has 0 bridgehead atoms. The van der Waals surface area contributed by atoms with Crippen LogP contribution >= 0.6 is 0 Å². The topological polar surface area (TPSA) is 46.3 Å². The normalized spacial score (nSPS) is 17.5. The first-order valence-electron chi connectivity index (χ1n) is 5.31. The van der Waals surface area contributed by atoms with Gasteiger partial charge in [0.05, 0.1) is 0 Å². The van der Waals surface area contributed by atoms with E-state index < -0.39 is 0 Å². The zero-order chi connectivity index (χ0) is 10.8. The molecule has 0 aliphatic carbocycles. The van der Waals surface area contributed by atoms with Crippen LogP contribution in [0, 0.1) is 0 Å². The number of nitrogens with two attached hydrogens (primary N) is 1. The van der Waals surface area contributed by atoms with E-state index in [0.717, 1.165) is 24.1 Å². The van der Waals surface area contributed by atoms with Crippen molar-refractivity contribution in [3.05, 3.63) is 35.4 Å². The SMILES string of the molecule is CC(N)CN1CCc2ccccc2C1=O. The summed E-state index contributed by atoms with van der Waals surface area (Å²) in [5.74, 6) is 0.120. The minimum Gasteiger partial charge on any atom is -0.337 e. The molecule has 0 fully saturated rings. The van der Waals surface area contributed by atoms with Gasteiger partial charge in [-0.3, -0.25) is 4.79 Å². The Morgan fingerprint density at radius 2 is 2.20 bits per heavy atom. The summed E-state index contributed by atoms with van der Waals surface area (Å²) < 4.78 is 0. The smallest absolute Gasteiger partial charge is 0.254 e. The van der Waals surface area contributed by atoms with Crippen molar-refractivity contribution in [2.75, 3.05) is 13.1 Å². The second-order valence-corrected chi connectivity index (χ2v) is 4.14. The van der Waals surface area contributed by atoms with Crippen molar-refractivity contribution >= 4 is 5.91 Å². The van der Waals surface area contributed by atoms with Gasteiger partial charge in [-0.1, -0.05) is 18.2 Å². The van der Waals surface area contributed by atoms with Crippen molar-refractivity contribution in [3.8, 4) is 0 Å². The summed E-state index contributed by atoms with van der Waals surface area (Å²) in [6.07, 6.45) is 0.939. The summed E-state index contributed by atoms with van der Waals surface area (Å²) in [6.45, 7) is 3.36. The third-order valence-electron chi connectivity index (χ3n) is 2.69. The van der Waals surface area contributed by atoms with Gasteiger partial charge in [0, 0.05) is 24.7 Å². The number of hydrogen-bond donors (Lipinski definition) is 1. The number of benzene rings is 1. The molecule has 1 aliphatic heterocycles. The molecule has 1 unspecified atom stereocenters. The van der Waals surface area contributed by atoms with Gasteiger partial charge in [-0.2, -0.15) is 0 Å². The molecular weight excluding hydrogens is 188 g/mol. The van der Waals surface area contributed by atoms with Crippen molar-refractivity contribution in [1.82, 2.24) is 4.90 Å². The maximum atomic E-state index is 12.0. The molecule has 0 saturated heterocycles. The van der Waals surface area contributed by atoms with E-state index in [1.54, 1.807) is 0 Å². The Morgan fingerprint density at radius 1 is 1.47 bits per heavy atom. The van der Waals surface area contributed by atoms with E-state index in [9.17, 15) is 4.79 Å². The largest absolute Gasteiger partial charge is 0.337 e. The molecule has 1 aromatic carbocycles. The number of nitrogens with zero attached hydrogens (tertiary/aromatic N) is 1. The maximum absolute atomic E-state index is 12.0. The summed E-state index contributed by atoms with van der Waals surface area (Å²) >= 11 is 0. The number of fused-ring (bicyclic) bond motifs is 1. The van der Waals surface area contributed by atoms with Crippen LogP contribution in [0.1, 0.15) is 22.8 Å². The number of hydrogen-bond acceptors (Lipinski definition) is 2. The maximum Gasteiger partial charge on any atom is 0.254 e. The van der Waals surface area contributed by atoms with Crippen LogP contribution in [0.15, 0.2) is 24.3 Å². The summed E-state index contributed by atoms with van der Waals surface area (Å²) in [7, 11) is 0. The molecule has 3 heteroatoms. The van der Waals surface area contributed by atoms with Crippen molar-refractivity contribution < 1.29 is 4.79 Å². The molecule has 1 aliphatic rings. The Kier molecular flexibility index (Phi) is 2.73. The minimum absolute atomic E-state index is 0.0409. The van der Waals surface area contributed by atoms with Crippen molar-refractivity contribution in [2.24, 2.45) is 5.73 Å². The van der Waals surface area contributed by atoms with Crippen LogP contribution in [-0.4, -0.2) is 29.9 Å². The summed E-state index contributed by atoms with van der Waals surface area (Å²) in [5, 5.41) is 0. The van der Waals surface area contributed by atoms with Gasteiger partial charge in [-0.05, 0) is 25.0 Å². The van der Waals surface area contributed by atoms with Gasteiger partial charge in [0.15, 0.2) is 0 Å². The zero-order valence-corrected chi connectivity index (χ0v) is 8.94. The molecule has 80 valence electrons. The second-order valence-electron chi connectivity index (χ2n) is 4.14. The van der Waals surface area contributed by atoms with Gasteiger partial charge in [-0.15, -0.1) is 0 Å². The lowest BCUT2D eigenvalue weighted by molar-refractivity contribution is 0.0732. The van der Waals surface area contributed by atoms with E-state index in [1.165, 1.54) is 0 Å². The Morgan fingerprint density at radius 3 is 2.93 bits per heavy atom. The fourth-order valence-corrected chi connectivity index (χ4v) is 2.00. The predicted molar refractivity (Wildman–Crippen MR) is 59.7 cm³/mol. The number of carbonyl (C=O) groups excluding carboxylic acids is 1. The average molecular weight is 204 g/mol. The van der Waals surface area contributed by atoms with Gasteiger partial charge >= 0.3 is 0 Å². The zero-order valence-electron chi connectivity index (χ0n) is 8.94. The van der Waals surface area contributed by atoms with Gasteiger partial charge in [0.1, 0.15) is 0 Å². The van der Waals surface area contributed by atoms with E-state index in [-0.39, 0.29) is 11.9 Å². The lowest BCUT2D eigenvalue weighted by Crippen LogP contribution is -2.43. The molecule has 2 rings (SSSR count). The van der Waals surface area contributed by atoms with Crippen molar-refractivity contribution in [3.63, 3.8) is 0 Å². The molecule has 0 saturated carbocycles. The molecule has 15 heavy (non-hydrogen) atoms. The van der Waals surface area contributed by atoms with E-state index in [0.29, 0.717) is 6.54 Å². The van der Waals surface area contributed by atoms with Crippen LogP contribution in [0.4, 0.5) is 0 Å². The lowest BCUT2D eigenvalue weighted by Gasteiger charge is -2.29. The Bertz CT molecular complexity index is 374. The van der Waals surface area contributed by atoms with Crippen LogP contribution in [0.25, 0.3) is 0 Å². The van der Waals surface area contributed by atoms with Gasteiger partial charge in [-0.25, -0.2) is 0 Å². The third kappa shape index (κ3) is 2.02. The first kappa shape index (κ1) is 10.2. The Hall–Kier alpha value is -1.35. The second kappa shape index (κ2) is 4.03. The monoisotopic (exact) mass is 204 g/mol. The van der Waals surface area contributed by atoms with Crippen LogP contribution < -0.4 is 5.73 Å². The standard InChI is InChI=1S/C12H16N2O/c1-9(13)8-14-7-6-10-4-2-3-5-11(10)12(14)15/h2-5,9H,6-8,13H2,1H3. The molecule has 3 nitrogen and oxygen atoms in total. The molecule has 0 aromatic heterocycles. The fraction of sp³-hybridized carbons (Fsp3) is 0.417.